The van der Waals surface area contributed by atoms with Crippen molar-refractivity contribution >= 4 is 12.6 Å². The number of ether oxygens (including phenoxy) is 1. The van der Waals surface area contributed by atoms with Crippen LogP contribution in [0.15, 0.2) is 0 Å². The summed E-state index contributed by atoms with van der Waals surface area (Å²) in [7, 11) is 0. The molecule has 2 heteroatoms. The second kappa shape index (κ2) is 12.4. The molecule has 0 aromatic carbocycles. The standard InChI is InChI=1S/C13H28OS/c1-3-5-6-7-8-9-10-14-11-13(4-2)12-15/h13,15H,3-12H2,1-2H3. The Balaban J connectivity index is 3.04. The molecule has 0 aliphatic carbocycles. The molecule has 1 atom stereocenters. The van der Waals surface area contributed by atoms with Crippen LogP contribution in [0.25, 0.3) is 0 Å². The van der Waals surface area contributed by atoms with Crippen LogP contribution in [-0.2, 0) is 4.74 Å². The molecule has 0 rings (SSSR count). The van der Waals surface area contributed by atoms with Gasteiger partial charge in [0.15, 0.2) is 0 Å². The van der Waals surface area contributed by atoms with Crippen molar-refractivity contribution in [1.29, 1.82) is 0 Å². The second-order valence-electron chi connectivity index (χ2n) is 4.30. The zero-order chi connectivity index (χ0) is 11.4. The Morgan fingerprint density at radius 1 is 1.00 bits per heavy atom. The molecule has 1 unspecified atom stereocenters. The molecule has 0 radical (unpaired) electrons. The van der Waals surface area contributed by atoms with Crippen LogP contribution in [0, 0.1) is 5.92 Å². The summed E-state index contributed by atoms with van der Waals surface area (Å²) in [5.41, 5.74) is 0. The number of hydrogen-bond donors (Lipinski definition) is 1. The molecule has 0 N–H and O–H groups in total. The summed E-state index contributed by atoms with van der Waals surface area (Å²) in [5, 5.41) is 0. The Morgan fingerprint density at radius 3 is 2.27 bits per heavy atom. The third kappa shape index (κ3) is 10.6. The summed E-state index contributed by atoms with van der Waals surface area (Å²) < 4.78 is 5.64. The molecule has 0 bridgehead atoms. The molecule has 15 heavy (non-hydrogen) atoms. The van der Waals surface area contributed by atoms with Crippen LogP contribution in [-0.4, -0.2) is 19.0 Å². The van der Waals surface area contributed by atoms with Crippen molar-refractivity contribution in [3.63, 3.8) is 0 Å². The lowest BCUT2D eigenvalue weighted by Gasteiger charge is -2.11. The number of rotatable bonds is 11. The molecule has 0 fully saturated rings. The zero-order valence-electron chi connectivity index (χ0n) is 10.5. The first-order chi connectivity index (χ1) is 7.35. The lowest BCUT2D eigenvalue weighted by Crippen LogP contribution is -2.10. The molecule has 0 aromatic heterocycles. The van der Waals surface area contributed by atoms with E-state index >= 15 is 0 Å². The Bertz CT molecular complexity index is 113. The minimum atomic E-state index is 0.647. The fraction of sp³-hybridized carbons (Fsp3) is 1.00. The van der Waals surface area contributed by atoms with Crippen molar-refractivity contribution in [3.8, 4) is 0 Å². The van der Waals surface area contributed by atoms with Gasteiger partial charge < -0.3 is 4.74 Å². The molecule has 1 nitrogen and oxygen atoms in total. The van der Waals surface area contributed by atoms with E-state index < -0.39 is 0 Å². The maximum atomic E-state index is 5.64. The zero-order valence-corrected chi connectivity index (χ0v) is 11.4. The van der Waals surface area contributed by atoms with Crippen molar-refractivity contribution in [1.82, 2.24) is 0 Å². The van der Waals surface area contributed by atoms with Crippen molar-refractivity contribution in [3.05, 3.63) is 0 Å². The monoisotopic (exact) mass is 232 g/mol. The number of unbranched alkanes of at least 4 members (excludes halogenated alkanes) is 5. The average molecular weight is 232 g/mol. The predicted octanol–water partition coefficient (Wildman–Crippen LogP) is 4.32. The van der Waals surface area contributed by atoms with E-state index in [0.29, 0.717) is 5.92 Å². The minimum Gasteiger partial charge on any atom is -0.381 e. The maximum Gasteiger partial charge on any atom is 0.0501 e. The third-order valence-electron chi connectivity index (χ3n) is 2.83. The van der Waals surface area contributed by atoms with Gasteiger partial charge in [0.05, 0.1) is 6.61 Å². The van der Waals surface area contributed by atoms with Crippen molar-refractivity contribution in [2.45, 2.75) is 58.8 Å². The molecule has 0 amide bonds. The first kappa shape index (κ1) is 15.3. The van der Waals surface area contributed by atoms with Crippen LogP contribution >= 0.6 is 12.6 Å². The van der Waals surface area contributed by atoms with Crippen molar-refractivity contribution < 1.29 is 4.74 Å². The van der Waals surface area contributed by atoms with E-state index in [1.165, 1.54) is 44.9 Å². The SMILES string of the molecule is CCCCCCCCOCC(CC)CS. The Morgan fingerprint density at radius 2 is 1.67 bits per heavy atom. The summed E-state index contributed by atoms with van der Waals surface area (Å²) in [5.74, 6) is 1.60. The number of hydrogen-bond acceptors (Lipinski definition) is 2. The Kier molecular flexibility index (Phi) is 12.6. The van der Waals surface area contributed by atoms with E-state index in [1.54, 1.807) is 0 Å². The molecule has 0 aliphatic heterocycles. The molecule has 0 spiro atoms. The molecule has 0 aromatic rings. The average Bonchev–Trinajstić information content (AvgIpc) is 2.27. The minimum absolute atomic E-state index is 0.647. The highest BCUT2D eigenvalue weighted by Gasteiger charge is 2.02. The van der Waals surface area contributed by atoms with Crippen LogP contribution in [0.3, 0.4) is 0 Å². The van der Waals surface area contributed by atoms with Crippen LogP contribution in [0.1, 0.15) is 58.8 Å². The topological polar surface area (TPSA) is 9.23 Å². The Hall–Kier alpha value is 0.310. The van der Waals surface area contributed by atoms with Gasteiger partial charge in [-0.25, -0.2) is 0 Å². The highest BCUT2D eigenvalue weighted by Crippen LogP contribution is 2.07. The van der Waals surface area contributed by atoms with E-state index in [-0.39, 0.29) is 0 Å². The highest BCUT2D eigenvalue weighted by molar-refractivity contribution is 7.80. The first-order valence-corrected chi connectivity index (χ1v) is 7.16. The van der Waals surface area contributed by atoms with Gasteiger partial charge in [-0.3, -0.25) is 0 Å². The predicted molar refractivity (Wildman–Crippen MR) is 71.8 cm³/mol. The van der Waals surface area contributed by atoms with Gasteiger partial charge in [0.25, 0.3) is 0 Å². The van der Waals surface area contributed by atoms with E-state index in [0.717, 1.165) is 19.0 Å². The lowest BCUT2D eigenvalue weighted by molar-refractivity contribution is 0.101. The van der Waals surface area contributed by atoms with Crippen LogP contribution in [0.2, 0.25) is 0 Å². The van der Waals surface area contributed by atoms with Gasteiger partial charge in [0.2, 0.25) is 0 Å². The smallest absolute Gasteiger partial charge is 0.0501 e. The summed E-state index contributed by atoms with van der Waals surface area (Å²) in [6, 6.07) is 0. The largest absolute Gasteiger partial charge is 0.381 e. The lowest BCUT2D eigenvalue weighted by atomic mass is 10.1. The second-order valence-corrected chi connectivity index (χ2v) is 4.66. The maximum absolute atomic E-state index is 5.64. The molecular weight excluding hydrogens is 204 g/mol. The van der Waals surface area contributed by atoms with E-state index in [1.807, 2.05) is 0 Å². The third-order valence-corrected chi connectivity index (χ3v) is 3.35. The van der Waals surface area contributed by atoms with Crippen molar-refractivity contribution in [2.24, 2.45) is 5.92 Å². The van der Waals surface area contributed by atoms with Crippen molar-refractivity contribution in [2.75, 3.05) is 19.0 Å². The van der Waals surface area contributed by atoms with Crippen LogP contribution in [0.4, 0.5) is 0 Å². The van der Waals surface area contributed by atoms with Crippen LogP contribution < -0.4 is 0 Å². The first-order valence-electron chi connectivity index (χ1n) is 6.53. The van der Waals surface area contributed by atoms with Crippen LogP contribution in [0.5, 0.6) is 0 Å². The highest BCUT2D eigenvalue weighted by atomic mass is 32.1. The fourth-order valence-corrected chi connectivity index (χ4v) is 1.90. The number of thiol groups is 1. The summed E-state index contributed by atoms with van der Waals surface area (Å²) in [6.07, 6.45) is 9.23. The van der Waals surface area contributed by atoms with Gasteiger partial charge in [-0.05, 0) is 18.1 Å². The van der Waals surface area contributed by atoms with Gasteiger partial charge in [0, 0.05) is 6.61 Å². The van der Waals surface area contributed by atoms with Gasteiger partial charge in [-0.2, -0.15) is 12.6 Å². The van der Waals surface area contributed by atoms with E-state index in [4.69, 9.17) is 4.74 Å². The molecule has 0 aliphatic rings. The summed E-state index contributed by atoms with van der Waals surface area (Å²) >= 11 is 4.30. The van der Waals surface area contributed by atoms with Gasteiger partial charge >= 0.3 is 0 Å². The van der Waals surface area contributed by atoms with E-state index in [9.17, 15) is 0 Å². The quantitative estimate of drug-likeness (QED) is 0.412. The normalized spacial score (nSPS) is 13.0. The summed E-state index contributed by atoms with van der Waals surface area (Å²) in [6.45, 7) is 6.30. The molecule has 0 saturated carbocycles. The van der Waals surface area contributed by atoms with Gasteiger partial charge in [-0.1, -0.05) is 52.4 Å². The molecule has 0 saturated heterocycles. The van der Waals surface area contributed by atoms with Gasteiger partial charge in [0.1, 0.15) is 0 Å². The van der Waals surface area contributed by atoms with Gasteiger partial charge in [-0.15, -0.1) is 0 Å². The van der Waals surface area contributed by atoms with E-state index in [2.05, 4.69) is 26.5 Å². The molecule has 0 heterocycles. The summed E-state index contributed by atoms with van der Waals surface area (Å²) in [4.78, 5) is 0. The molecule has 92 valence electrons. The fourth-order valence-electron chi connectivity index (χ4n) is 1.53. The Labute approximate surface area is 101 Å². The molecular formula is C13H28OS.